The molecular weight excluding hydrogens is 184 g/mol. The first-order valence-corrected chi connectivity index (χ1v) is 5.39. The van der Waals surface area contributed by atoms with Crippen LogP contribution in [0.2, 0.25) is 0 Å². The van der Waals surface area contributed by atoms with Gasteiger partial charge in [-0.15, -0.1) is 0 Å². The largest absolute Gasteiger partial charge is 0.489 e. The Labute approximate surface area is 91.1 Å². The van der Waals surface area contributed by atoms with Crippen molar-refractivity contribution in [2.24, 2.45) is 5.92 Å². The van der Waals surface area contributed by atoms with E-state index in [9.17, 15) is 0 Å². The van der Waals surface area contributed by atoms with Crippen molar-refractivity contribution in [3.05, 3.63) is 59.9 Å². The van der Waals surface area contributed by atoms with Crippen molar-refractivity contribution in [1.82, 2.24) is 0 Å². The first-order valence-electron chi connectivity index (χ1n) is 5.39. The van der Waals surface area contributed by atoms with Gasteiger partial charge in [0, 0.05) is 0 Å². The number of hydrogen-bond acceptors (Lipinski definition) is 1. The molecule has 2 rings (SSSR count). The molecule has 1 nitrogen and oxygen atoms in total. The summed E-state index contributed by atoms with van der Waals surface area (Å²) in [6.07, 6.45) is 7.54. The number of ether oxygens (including phenoxy) is 1. The lowest BCUT2D eigenvalue weighted by atomic mass is 10.0. The average molecular weight is 200 g/mol. The van der Waals surface area contributed by atoms with Crippen molar-refractivity contribution in [3.63, 3.8) is 0 Å². The van der Waals surface area contributed by atoms with Crippen LogP contribution < -0.4 is 0 Å². The zero-order valence-electron chi connectivity index (χ0n) is 9.02. The lowest BCUT2D eigenvalue weighted by molar-refractivity contribution is 0.207. The van der Waals surface area contributed by atoms with Crippen LogP contribution in [-0.4, -0.2) is 0 Å². The lowest BCUT2D eigenvalue weighted by Gasteiger charge is -2.13. The van der Waals surface area contributed by atoms with Crippen molar-refractivity contribution in [3.8, 4) is 0 Å². The van der Waals surface area contributed by atoms with E-state index in [1.165, 1.54) is 5.56 Å². The molecule has 0 spiro atoms. The molecule has 1 aliphatic rings. The molecule has 0 N–H and O–H groups in total. The van der Waals surface area contributed by atoms with Gasteiger partial charge in [-0.1, -0.05) is 43.3 Å². The van der Waals surface area contributed by atoms with Gasteiger partial charge in [-0.2, -0.15) is 0 Å². The van der Waals surface area contributed by atoms with Gasteiger partial charge in [0.1, 0.15) is 12.4 Å². The molecule has 0 unspecified atom stereocenters. The number of hydrogen-bond donors (Lipinski definition) is 0. The smallest absolute Gasteiger partial charge is 0.115 e. The minimum Gasteiger partial charge on any atom is -0.489 e. The van der Waals surface area contributed by atoms with E-state index in [1.807, 2.05) is 18.2 Å². The summed E-state index contributed by atoms with van der Waals surface area (Å²) in [7, 11) is 0. The summed E-state index contributed by atoms with van der Waals surface area (Å²) in [5, 5.41) is 0. The van der Waals surface area contributed by atoms with E-state index < -0.39 is 0 Å². The van der Waals surface area contributed by atoms with Gasteiger partial charge < -0.3 is 4.74 Å². The molecule has 1 aromatic carbocycles. The normalized spacial score (nSPS) is 19.8. The highest BCUT2D eigenvalue weighted by Crippen LogP contribution is 2.17. The van der Waals surface area contributed by atoms with Crippen molar-refractivity contribution in [1.29, 1.82) is 0 Å². The quantitative estimate of drug-likeness (QED) is 0.723. The monoisotopic (exact) mass is 200 g/mol. The fourth-order valence-corrected chi connectivity index (χ4v) is 1.64. The van der Waals surface area contributed by atoms with Crippen molar-refractivity contribution >= 4 is 0 Å². The summed E-state index contributed by atoms with van der Waals surface area (Å²) in [5.74, 6) is 1.60. The molecule has 0 saturated heterocycles. The van der Waals surface area contributed by atoms with Crippen LogP contribution in [0.1, 0.15) is 18.9 Å². The summed E-state index contributed by atoms with van der Waals surface area (Å²) in [6.45, 7) is 2.86. The maximum absolute atomic E-state index is 5.71. The summed E-state index contributed by atoms with van der Waals surface area (Å²) < 4.78 is 5.71. The SMILES string of the molecule is C[C@H]1C=C(OCc2ccccc2)C=CC1. The Balaban J connectivity index is 1.91. The van der Waals surface area contributed by atoms with Crippen LogP contribution in [0.4, 0.5) is 0 Å². The summed E-state index contributed by atoms with van der Waals surface area (Å²) in [4.78, 5) is 0. The Morgan fingerprint density at radius 2 is 2.07 bits per heavy atom. The Kier molecular flexibility index (Phi) is 3.23. The molecule has 0 bridgehead atoms. The number of rotatable bonds is 3. The van der Waals surface area contributed by atoms with Crippen LogP contribution in [-0.2, 0) is 11.3 Å². The molecule has 0 saturated carbocycles. The topological polar surface area (TPSA) is 9.23 Å². The Morgan fingerprint density at radius 3 is 2.80 bits per heavy atom. The highest BCUT2D eigenvalue weighted by Gasteiger charge is 2.04. The van der Waals surface area contributed by atoms with Crippen molar-refractivity contribution in [2.45, 2.75) is 20.0 Å². The number of benzene rings is 1. The van der Waals surface area contributed by atoms with E-state index in [0.29, 0.717) is 12.5 Å². The van der Waals surface area contributed by atoms with Crippen molar-refractivity contribution < 1.29 is 4.74 Å². The fourth-order valence-electron chi connectivity index (χ4n) is 1.64. The molecule has 1 aliphatic carbocycles. The summed E-state index contributed by atoms with van der Waals surface area (Å²) in [6, 6.07) is 10.2. The second-order valence-corrected chi connectivity index (χ2v) is 3.96. The molecule has 0 amide bonds. The maximum atomic E-state index is 5.71. The van der Waals surface area contributed by atoms with E-state index in [-0.39, 0.29) is 0 Å². The van der Waals surface area contributed by atoms with Crippen LogP contribution in [0.3, 0.4) is 0 Å². The second-order valence-electron chi connectivity index (χ2n) is 3.96. The highest BCUT2D eigenvalue weighted by atomic mass is 16.5. The number of allylic oxidation sites excluding steroid dienone is 3. The Morgan fingerprint density at radius 1 is 1.27 bits per heavy atom. The van der Waals surface area contributed by atoms with Crippen LogP contribution in [0.15, 0.2) is 54.3 Å². The molecule has 78 valence electrons. The molecular formula is C14H16O. The van der Waals surface area contributed by atoms with Crippen molar-refractivity contribution in [2.75, 3.05) is 0 Å². The van der Waals surface area contributed by atoms with Crippen LogP contribution in [0.25, 0.3) is 0 Å². The van der Waals surface area contributed by atoms with Crippen LogP contribution >= 0.6 is 0 Å². The van der Waals surface area contributed by atoms with E-state index >= 15 is 0 Å². The second kappa shape index (κ2) is 4.83. The zero-order valence-corrected chi connectivity index (χ0v) is 9.02. The van der Waals surface area contributed by atoms with Gasteiger partial charge in [-0.25, -0.2) is 0 Å². The molecule has 15 heavy (non-hydrogen) atoms. The zero-order chi connectivity index (χ0) is 10.5. The molecule has 0 aromatic heterocycles. The lowest BCUT2D eigenvalue weighted by Crippen LogP contribution is -1.99. The van der Waals surface area contributed by atoms with E-state index in [4.69, 9.17) is 4.74 Å². The Bertz CT molecular complexity index is 362. The van der Waals surface area contributed by atoms with Gasteiger partial charge in [-0.3, -0.25) is 0 Å². The highest BCUT2D eigenvalue weighted by molar-refractivity contribution is 5.19. The van der Waals surface area contributed by atoms with E-state index in [0.717, 1.165) is 12.2 Å². The fraction of sp³-hybridized carbons (Fsp3) is 0.286. The van der Waals surface area contributed by atoms with E-state index in [2.05, 4.69) is 37.3 Å². The minimum atomic E-state index is 0.598. The molecule has 0 aliphatic heterocycles. The van der Waals surface area contributed by atoms with Crippen LogP contribution in [0.5, 0.6) is 0 Å². The first kappa shape index (κ1) is 10.0. The van der Waals surface area contributed by atoms with Crippen LogP contribution in [0, 0.1) is 5.92 Å². The predicted octanol–water partition coefficient (Wildman–Crippen LogP) is 3.68. The third kappa shape index (κ3) is 2.98. The van der Waals surface area contributed by atoms with Gasteiger partial charge in [0.25, 0.3) is 0 Å². The average Bonchev–Trinajstić information content (AvgIpc) is 2.28. The molecule has 0 fully saturated rings. The van der Waals surface area contributed by atoms with Gasteiger partial charge in [0.05, 0.1) is 0 Å². The van der Waals surface area contributed by atoms with Gasteiger partial charge in [-0.05, 0) is 30.1 Å². The maximum Gasteiger partial charge on any atom is 0.115 e. The molecule has 0 heterocycles. The third-order valence-corrected chi connectivity index (χ3v) is 2.49. The Hall–Kier alpha value is -1.50. The summed E-state index contributed by atoms with van der Waals surface area (Å²) >= 11 is 0. The molecule has 1 atom stereocenters. The van der Waals surface area contributed by atoms with Gasteiger partial charge >= 0.3 is 0 Å². The third-order valence-electron chi connectivity index (χ3n) is 2.49. The van der Waals surface area contributed by atoms with Gasteiger partial charge in [0.2, 0.25) is 0 Å². The first-order chi connectivity index (χ1) is 7.34. The molecule has 1 heteroatoms. The molecule has 0 radical (unpaired) electrons. The summed E-state index contributed by atoms with van der Waals surface area (Å²) in [5.41, 5.74) is 1.21. The van der Waals surface area contributed by atoms with Gasteiger partial charge in [0.15, 0.2) is 0 Å². The predicted molar refractivity (Wildman–Crippen MR) is 62.2 cm³/mol. The standard InChI is InChI=1S/C14H16O/c1-12-6-5-9-14(10-12)15-11-13-7-3-2-4-8-13/h2-5,7-10,12H,6,11H2,1H3/t12-/m1/s1. The van der Waals surface area contributed by atoms with E-state index in [1.54, 1.807) is 0 Å². The minimum absolute atomic E-state index is 0.598. The molecule has 1 aromatic rings.